The maximum Gasteiger partial charge on any atom is 0.238 e. The van der Waals surface area contributed by atoms with E-state index in [9.17, 15) is 14.0 Å². The lowest BCUT2D eigenvalue weighted by molar-refractivity contribution is -0.118. The summed E-state index contributed by atoms with van der Waals surface area (Å²) in [6.45, 7) is 2.00. The summed E-state index contributed by atoms with van der Waals surface area (Å²) in [5.41, 5.74) is 3.33. The Hall–Kier alpha value is -3.12. The first kappa shape index (κ1) is 21.1. The first-order chi connectivity index (χ1) is 15.1. The van der Waals surface area contributed by atoms with Crippen LogP contribution >= 0.6 is 11.8 Å². The van der Waals surface area contributed by atoms with Gasteiger partial charge in [0.25, 0.3) is 0 Å². The van der Waals surface area contributed by atoms with E-state index >= 15 is 0 Å². The van der Waals surface area contributed by atoms with Crippen LogP contribution < -0.4 is 10.2 Å². The van der Waals surface area contributed by atoms with Crippen LogP contribution in [0, 0.1) is 5.82 Å². The first-order valence-electron chi connectivity index (χ1n) is 10.2. The molecular formula is C25H23FN2O2S. The SMILES string of the molecule is CC[C@@H](C(=O)Nc1ccc([C@@H]2SCC(=O)N2c2ccc(F)cc2)cc1)c1ccccc1. The number of carbonyl (C=O) groups is 2. The molecule has 158 valence electrons. The molecule has 4 nitrogen and oxygen atoms in total. The minimum absolute atomic E-state index is 0.00682. The molecule has 0 spiro atoms. The van der Waals surface area contributed by atoms with Crippen LogP contribution in [0.15, 0.2) is 78.9 Å². The molecule has 0 radical (unpaired) electrons. The molecule has 31 heavy (non-hydrogen) atoms. The van der Waals surface area contributed by atoms with Crippen molar-refractivity contribution in [3.05, 3.63) is 95.8 Å². The summed E-state index contributed by atoms with van der Waals surface area (Å²) in [5.74, 6) is -0.221. The second-order valence-corrected chi connectivity index (χ2v) is 8.45. The molecule has 1 saturated heterocycles. The maximum absolute atomic E-state index is 13.3. The van der Waals surface area contributed by atoms with Crippen molar-refractivity contribution in [3.63, 3.8) is 0 Å². The van der Waals surface area contributed by atoms with Crippen molar-refractivity contribution in [2.75, 3.05) is 16.0 Å². The molecule has 2 atom stereocenters. The van der Waals surface area contributed by atoms with Crippen LogP contribution in [0.25, 0.3) is 0 Å². The highest BCUT2D eigenvalue weighted by molar-refractivity contribution is 8.00. The Morgan fingerprint density at radius 2 is 1.74 bits per heavy atom. The molecule has 1 aliphatic rings. The summed E-state index contributed by atoms with van der Waals surface area (Å²) < 4.78 is 13.3. The van der Waals surface area contributed by atoms with Gasteiger partial charge in [-0.25, -0.2) is 4.39 Å². The summed E-state index contributed by atoms with van der Waals surface area (Å²) in [4.78, 5) is 26.9. The van der Waals surface area contributed by atoms with Crippen molar-refractivity contribution in [2.24, 2.45) is 0 Å². The van der Waals surface area contributed by atoms with Crippen molar-refractivity contribution >= 4 is 35.0 Å². The number of anilines is 2. The van der Waals surface area contributed by atoms with Gasteiger partial charge < -0.3 is 5.32 Å². The van der Waals surface area contributed by atoms with Gasteiger partial charge in [-0.05, 0) is 53.9 Å². The van der Waals surface area contributed by atoms with E-state index in [0.717, 1.165) is 11.1 Å². The van der Waals surface area contributed by atoms with Gasteiger partial charge in [-0.15, -0.1) is 11.8 Å². The molecule has 0 bridgehead atoms. The van der Waals surface area contributed by atoms with Crippen molar-refractivity contribution in [3.8, 4) is 0 Å². The Kier molecular flexibility index (Phi) is 6.37. The van der Waals surface area contributed by atoms with Crippen LogP contribution in [-0.4, -0.2) is 17.6 Å². The Labute approximate surface area is 185 Å². The Balaban J connectivity index is 1.49. The third-order valence-corrected chi connectivity index (χ3v) is 6.58. The van der Waals surface area contributed by atoms with Crippen molar-refractivity contribution in [1.82, 2.24) is 0 Å². The molecule has 0 unspecified atom stereocenters. The molecule has 1 aliphatic heterocycles. The van der Waals surface area contributed by atoms with Gasteiger partial charge in [-0.1, -0.05) is 49.4 Å². The van der Waals surface area contributed by atoms with Crippen LogP contribution in [0.2, 0.25) is 0 Å². The zero-order valence-electron chi connectivity index (χ0n) is 17.1. The van der Waals surface area contributed by atoms with E-state index in [1.807, 2.05) is 61.5 Å². The fourth-order valence-electron chi connectivity index (χ4n) is 3.77. The second-order valence-electron chi connectivity index (χ2n) is 7.39. The highest BCUT2D eigenvalue weighted by Crippen LogP contribution is 2.42. The van der Waals surface area contributed by atoms with E-state index in [4.69, 9.17) is 0 Å². The Morgan fingerprint density at radius 3 is 2.39 bits per heavy atom. The molecular weight excluding hydrogens is 411 g/mol. The average Bonchev–Trinajstić information content (AvgIpc) is 3.17. The number of benzene rings is 3. The van der Waals surface area contributed by atoms with Gasteiger partial charge in [-0.2, -0.15) is 0 Å². The van der Waals surface area contributed by atoms with E-state index < -0.39 is 0 Å². The molecule has 1 N–H and O–H groups in total. The minimum atomic E-state index is -0.333. The van der Waals surface area contributed by atoms with Crippen LogP contribution in [0.5, 0.6) is 0 Å². The third-order valence-electron chi connectivity index (χ3n) is 5.36. The van der Waals surface area contributed by atoms with Crippen LogP contribution in [0.4, 0.5) is 15.8 Å². The molecule has 1 heterocycles. The second kappa shape index (κ2) is 9.35. The van der Waals surface area contributed by atoms with E-state index in [-0.39, 0.29) is 28.9 Å². The quantitative estimate of drug-likeness (QED) is 0.538. The lowest BCUT2D eigenvalue weighted by atomic mass is 9.95. The van der Waals surface area contributed by atoms with Gasteiger partial charge in [0, 0.05) is 11.4 Å². The highest BCUT2D eigenvalue weighted by Gasteiger charge is 2.34. The van der Waals surface area contributed by atoms with Crippen molar-refractivity contribution in [2.45, 2.75) is 24.6 Å². The summed E-state index contributed by atoms with van der Waals surface area (Å²) >= 11 is 1.53. The number of carbonyl (C=O) groups excluding carboxylic acids is 2. The van der Waals surface area contributed by atoms with Crippen molar-refractivity contribution < 1.29 is 14.0 Å². The summed E-state index contributed by atoms with van der Waals surface area (Å²) in [7, 11) is 0. The number of hydrogen-bond acceptors (Lipinski definition) is 3. The molecule has 2 amide bonds. The fraction of sp³-hybridized carbons (Fsp3) is 0.200. The summed E-state index contributed by atoms with van der Waals surface area (Å²) in [5, 5.41) is 2.81. The number of amides is 2. The van der Waals surface area contributed by atoms with Gasteiger partial charge >= 0.3 is 0 Å². The predicted octanol–water partition coefficient (Wildman–Crippen LogP) is 5.74. The lowest BCUT2D eigenvalue weighted by Crippen LogP contribution is -2.27. The molecule has 1 fully saturated rings. The minimum Gasteiger partial charge on any atom is -0.326 e. The Bertz CT molecular complexity index is 1060. The summed E-state index contributed by atoms with van der Waals surface area (Å²) in [6.07, 6.45) is 0.710. The predicted molar refractivity (Wildman–Crippen MR) is 124 cm³/mol. The van der Waals surface area contributed by atoms with Crippen LogP contribution in [0.3, 0.4) is 0 Å². The number of thioether (sulfide) groups is 1. The number of halogens is 1. The van der Waals surface area contributed by atoms with E-state index in [2.05, 4.69) is 5.32 Å². The van der Waals surface area contributed by atoms with E-state index in [0.29, 0.717) is 23.5 Å². The zero-order chi connectivity index (χ0) is 21.8. The molecule has 6 heteroatoms. The van der Waals surface area contributed by atoms with E-state index in [1.165, 1.54) is 23.9 Å². The van der Waals surface area contributed by atoms with Crippen LogP contribution in [0.1, 0.15) is 35.8 Å². The number of nitrogens with one attached hydrogen (secondary N) is 1. The van der Waals surface area contributed by atoms with Gasteiger partial charge in [-0.3, -0.25) is 14.5 Å². The first-order valence-corrected chi connectivity index (χ1v) is 11.3. The van der Waals surface area contributed by atoms with Gasteiger partial charge in [0.2, 0.25) is 11.8 Å². The largest absolute Gasteiger partial charge is 0.326 e. The van der Waals surface area contributed by atoms with E-state index in [1.54, 1.807) is 17.0 Å². The lowest BCUT2D eigenvalue weighted by Gasteiger charge is -2.24. The van der Waals surface area contributed by atoms with Gasteiger partial charge in [0.15, 0.2) is 0 Å². The molecule has 0 aromatic heterocycles. The van der Waals surface area contributed by atoms with Crippen molar-refractivity contribution in [1.29, 1.82) is 0 Å². The molecule has 0 saturated carbocycles. The zero-order valence-corrected chi connectivity index (χ0v) is 17.9. The molecule has 4 rings (SSSR count). The highest BCUT2D eigenvalue weighted by atomic mass is 32.2. The topological polar surface area (TPSA) is 49.4 Å². The number of rotatable bonds is 6. The fourth-order valence-corrected chi connectivity index (χ4v) is 4.95. The smallest absolute Gasteiger partial charge is 0.238 e. The van der Waals surface area contributed by atoms with Crippen LogP contribution in [-0.2, 0) is 9.59 Å². The Morgan fingerprint density at radius 1 is 1.06 bits per heavy atom. The summed E-state index contributed by atoms with van der Waals surface area (Å²) in [6, 6.07) is 23.3. The van der Waals surface area contributed by atoms with Gasteiger partial charge in [0.1, 0.15) is 11.2 Å². The van der Waals surface area contributed by atoms with Gasteiger partial charge in [0.05, 0.1) is 11.7 Å². The molecule has 3 aromatic carbocycles. The number of hydrogen-bond donors (Lipinski definition) is 1. The average molecular weight is 435 g/mol. The monoisotopic (exact) mass is 434 g/mol. The number of nitrogens with zero attached hydrogens (tertiary/aromatic N) is 1. The standard InChI is InChI=1S/C25H23FN2O2S/c1-2-22(17-6-4-3-5-7-17)24(30)27-20-12-8-18(9-13-20)25-28(23(29)16-31-25)21-14-10-19(26)11-15-21/h3-15,22,25H,2,16H2,1H3,(H,27,30)/t22-,25+/m1/s1. The third kappa shape index (κ3) is 4.64. The molecule has 3 aromatic rings. The normalized spacial score (nSPS) is 16.9. The maximum atomic E-state index is 13.3. The molecule has 0 aliphatic carbocycles.